The molecule has 0 saturated carbocycles. The summed E-state index contributed by atoms with van der Waals surface area (Å²) in [4.78, 5) is 38.6. The fraction of sp³-hybridized carbons (Fsp3) is 0.500. The predicted molar refractivity (Wildman–Crippen MR) is 94.9 cm³/mol. The van der Waals surface area contributed by atoms with Gasteiger partial charge in [0.25, 0.3) is 0 Å². The van der Waals surface area contributed by atoms with Gasteiger partial charge in [-0.3, -0.25) is 4.79 Å². The summed E-state index contributed by atoms with van der Waals surface area (Å²) in [5.41, 5.74) is -0.158. The highest BCUT2D eigenvalue weighted by molar-refractivity contribution is 6.02. The van der Waals surface area contributed by atoms with Crippen molar-refractivity contribution in [1.29, 1.82) is 0 Å². The molecule has 1 N–H and O–H groups in total. The number of benzene rings is 1. The largest absolute Gasteiger partial charge is 0.478 e. The van der Waals surface area contributed by atoms with E-state index in [0.29, 0.717) is 43.9 Å². The van der Waals surface area contributed by atoms with Gasteiger partial charge in [0.2, 0.25) is 6.79 Å². The molecule has 9 heteroatoms. The van der Waals surface area contributed by atoms with Crippen molar-refractivity contribution in [3.63, 3.8) is 0 Å². The third-order valence-corrected chi connectivity index (χ3v) is 4.27. The van der Waals surface area contributed by atoms with Gasteiger partial charge >= 0.3 is 12.1 Å². The summed E-state index contributed by atoms with van der Waals surface area (Å²) in [5, 5.41) is 9.38. The Morgan fingerprint density at radius 2 is 1.78 bits per heavy atom. The highest BCUT2D eigenvalue weighted by atomic mass is 16.7. The maximum atomic E-state index is 12.2. The highest BCUT2D eigenvalue weighted by Crippen LogP contribution is 2.45. The van der Waals surface area contributed by atoms with Crippen LogP contribution in [0.25, 0.3) is 0 Å². The van der Waals surface area contributed by atoms with Gasteiger partial charge in [0.1, 0.15) is 11.2 Å². The van der Waals surface area contributed by atoms with Gasteiger partial charge in [-0.25, -0.2) is 9.59 Å². The van der Waals surface area contributed by atoms with Crippen molar-refractivity contribution in [2.75, 3.05) is 37.9 Å². The number of anilines is 1. The van der Waals surface area contributed by atoms with Gasteiger partial charge in [0, 0.05) is 31.7 Å². The summed E-state index contributed by atoms with van der Waals surface area (Å²) in [7, 11) is 0. The van der Waals surface area contributed by atoms with Gasteiger partial charge in [-0.05, 0) is 26.8 Å². The minimum Gasteiger partial charge on any atom is -0.478 e. The minimum atomic E-state index is -1.25. The first kappa shape index (κ1) is 18.8. The smallest absolute Gasteiger partial charge is 0.410 e. The first-order valence-electron chi connectivity index (χ1n) is 8.59. The Kier molecular flexibility index (Phi) is 4.86. The number of hydrogen-bond acceptors (Lipinski definition) is 7. The van der Waals surface area contributed by atoms with Crippen molar-refractivity contribution in [3.8, 4) is 11.5 Å². The Hall–Kier alpha value is -2.97. The van der Waals surface area contributed by atoms with Crippen LogP contribution in [0.2, 0.25) is 0 Å². The second-order valence-electron chi connectivity index (χ2n) is 7.30. The van der Waals surface area contributed by atoms with E-state index in [9.17, 15) is 19.5 Å². The Bertz CT molecular complexity index is 777. The van der Waals surface area contributed by atoms with Gasteiger partial charge in [-0.2, -0.15) is 0 Å². The van der Waals surface area contributed by atoms with Crippen molar-refractivity contribution in [2.24, 2.45) is 0 Å². The third-order valence-electron chi connectivity index (χ3n) is 4.27. The van der Waals surface area contributed by atoms with E-state index in [4.69, 9.17) is 14.2 Å². The van der Waals surface area contributed by atoms with E-state index in [1.165, 1.54) is 6.07 Å². The Balaban J connectivity index is 1.81. The fourth-order valence-electron chi connectivity index (χ4n) is 3.08. The average molecular weight is 378 g/mol. The van der Waals surface area contributed by atoms with E-state index >= 15 is 0 Å². The number of hydrogen-bond donors (Lipinski definition) is 1. The Morgan fingerprint density at radius 1 is 1.15 bits per heavy atom. The summed E-state index contributed by atoms with van der Waals surface area (Å²) in [6, 6.07) is 1.49. The number of piperazine rings is 1. The van der Waals surface area contributed by atoms with E-state index in [1.54, 1.807) is 4.90 Å². The maximum Gasteiger partial charge on any atom is 0.410 e. The number of rotatable bonds is 3. The van der Waals surface area contributed by atoms with E-state index in [1.807, 2.05) is 25.7 Å². The van der Waals surface area contributed by atoms with Crippen LogP contribution in [0.5, 0.6) is 11.5 Å². The Labute approximate surface area is 156 Å². The van der Waals surface area contributed by atoms with Crippen molar-refractivity contribution >= 4 is 24.0 Å². The van der Waals surface area contributed by atoms with E-state index < -0.39 is 11.6 Å². The summed E-state index contributed by atoms with van der Waals surface area (Å²) in [5.74, 6) is -0.875. The second kappa shape index (κ2) is 6.98. The van der Waals surface area contributed by atoms with Gasteiger partial charge in [0.15, 0.2) is 17.8 Å². The average Bonchev–Trinajstić information content (AvgIpc) is 3.08. The quantitative estimate of drug-likeness (QED) is 0.796. The number of carboxylic acid groups (broad SMARTS) is 1. The topological polar surface area (TPSA) is 106 Å². The maximum absolute atomic E-state index is 12.2. The fourth-order valence-corrected chi connectivity index (χ4v) is 3.08. The van der Waals surface area contributed by atoms with Crippen LogP contribution in [0.4, 0.5) is 10.5 Å². The number of aromatic carboxylic acids is 1. The van der Waals surface area contributed by atoms with Crippen LogP contribution in [0.1, 0.15) is 41.5 Å². The molecule has 0 bridgehead atoms. The van der Waals surface area contributed by atoms with Crippen LogP contribution in [0, 0.1) is 0 Å². The number of carboxylic acids is 1. The van der Waals surface area contributed by atoms with E-state index in [0.717, 1.165) is 0 Å². The molecule has 146 valence electrons. The summed E-state index contributed by atoms with van der Waals surface area (Å²) < 4.78 is 16.2. The molecule has 0 atom stereocenters. The number of carbonyl (C=O) groups is 3. The van der Waals surface area contributed by atoms with Crippen LogP contribution in [-0.4, -0.2) is 66.9 Å². The number of ether oxygens (including phenoxy) is 3. The molecule has 1 fully saturated rings. The molecule has 1 aromatic rings. The summed E-state index contributed by atoms with van der Waals surface area (Å²) in [6.07, 6.45) is 0.119. The lowest BCUT2D eigenvalue weighted by molar-refractivity contribution is 0.0240. The second-order valence-corrected chi connectivity index (χ2v) is 7.30. The van der Waals surface area contributed by atoms with Gasteiger partial charge in [-0.1, -0.05) is 0 Å². The van der Waals surface area contributed by atoms with E-state index in [2.05, 4.69) is 0 Å². The molecule has 0 unspecified atom stereocenters. The van der Waals surface area contributed by atoms with Crippen molar-refractivity contribution in [3.05, 3.63) is 17.2 Å². The minimum absolute atomic E-state index is 0.0244. The van der Waals surface area contributed by atoms with Crippen molar-refractivity contribution in [2.45, 2.75) is 26.4 Å². The number of nitrogens with zero attached hydrogens (tertiary/aromatic N) is 2. The first-order valence-corrected chi connectivity index (χ1v) is 8.59. The molecule has 27 heavy (non-hydrogen) atoms. The molecule has 2 heterocycles. The van der Waals surface area contributed by atoms with Gasteiger partial charge < -0.3 is 29.1 Å². The summed E-state index contributed by atoms with van der Waals surface area (Å²) >= 11 is 0. The zero-order chi connectivity index (χ0) is 19.8. The highest BCUT2D eigenvalue weighted by Gasteiger charge is 2.33. The van der Waals surface area contributed by atoms with Crippen LogP contribution in [0.15, 0.2) is 6.07 Å². The monoisotopic (exact) mass is 378 g/mol. The van der Waals surface area contributed by atoms with Crippen molar-refractivity contribution < 1.29 is 33.7 Å². The number of aldehydes is 1. The molecular weight excluding hydrogens is 356 g/mol. The summed E-state index contributed by atoms with van der Waals surface area (Å²) in [6.45, 7) is 7.16. The van der Waals surface area contributed by atoms with Gasteiger partial charge in [0.05, 0.1) is 5.69 Å². The molecule has 0 spiro atoms. The predicted octanol–water partition coefficient (Wildman–Crippen LogP) is 1.98. The Morgan fingerprint density at radius 3 is 2.33 bits per heavy atom. The lowest BCUT2D eigenvalue weighted by Crippen LogP contribution is -2.50. The standard InChI is InChI=1S/C18H22N2O7/c1-18(2,3)27-17(24)20-6-4-19(5-7-20)12-8-11(9-21)13(16(22)23)15-14(12)25-10-26-15/h8-9H,4-7,10H2,1-3H3,(H,22,23). The molecule has 2 aliphatic rings. The molecule has 9 nitrogen and oxygen atoms in total. The normalized spacial score (nSPS) is 16.3. The van der Waals surface area contributed by atoms with Crippen LogP contribution in [0.3, 0.4) is 0 Å². The number of fused-ring (bicyclic) bond motifs is 1. The molecule has 0 radical (unpaired) electrons. The number of carbonyl (C=O) groups excluding carboxylic acids is 2. The SMILES string of the molecule is CC(C)(C)OC(=O)N1CCN(c2cc(C=O)c(C(=O)O)c3c2OCO3)CC1. The zero-order valence-electron chi connectivity index (χ0n) is 15.5. The van der Waals surface area contributed by atoms with Crippen molar-refractivity contribution in [1.82, 2.24) is 4.90 Å². The van der Waals surface area contributed by atoms with E-state index in [-0.39, 0.29) is 29.8 Å². The molecule has 3 rings (SSSR count). The first-order chi connectivity index (χ1) is 12.7. The molecule has 1 aromatic carbocycles. The third kappa shape index (κ3) is 3.76. The zero-order valence-corrected chi connectivity index (χ0v) is 15.5. The lowest BCUT2D eigenvalue weighted by Gasteiger charge is -2.37. The molecule has 0 aromatic heterocycles. The van der Waals surface area contributed by atoms with Crippen LogP contribution in [-0.2, 0) is 4.74 Å². The molecule has 1 saturated heterocycles. The van der Waals surface area contributed by atoms with Gasteiger partial charge in [-0.15, -0.1) is 0 Å². The van der Waals surface area contributed by atoms with Crippen LogP contribution < -0.4 is 14.4 Å². The number of amides is 1. The molecule has 0 aliphatic carbocycles. The molecule has 2 aliphatic heterocycles. The lowest BCUT2D eigenvalue weighted by atomic mass is 10.0. The molecule has 1 amide bonds. The molecular formula is C18H22N2O7. The van der Waals surface area contributed by atoms with Crippen LogP contribution >= 0.6 is 0 Å².